The first-order chi connectivity index (χ1) is 8.89. The van der Waals surface area contributed by atoms with Crippen LogP contribution in [0.15, 0.2) is 16.6 Å². The number of rotatable bonds is 3. The molecule has 6 heteroatoms. The molecule has 0 bridgehead atoms. The number of carbonyl (C=O) groups excluding carboxylic acids is 1. The molecule has 0 saturated heterocycles. The van der Waals surface area contributed by atoms with Gasteiger partial charge < -0.3 is 11.1 Å². The molecule has 0 spiro atoms. The van der Waals surface area contributed by atoms with Crippen LogP contribution >= 0.6 is 15.9 Å². The lowest BCUT2D eigenvalue weighted by atomic mass is 9.94. The lowest BCUT2D eigenvalue weighted by Crippen LogP contribution is -2.40. The molecule has 2 rings (SSSR count). The number of hydrogen-bond acceptors (Lipinski definition) is 2. The van der Waals surface area contributed by atoms with Crippen LogP contribution in [0.2, 0.25) is 0 Å². The number of benzene rings is 1. The molecule has 104 valence electrons. The fraction of sp³-hybridized carbons (Fsp3) is 0.462. The van der Waals surface area contributed by atoms with Gasteiger partial charge in [0.05, 0.1) is 10.2 Å². The number of amides is 1. The molecule has 1 aliphatic rings. The van der Waals surface area contributed by atoms with Crippen molar-refractivity contribution in [3.05, 3.63) is 28.2 Å². The molecule has 0 heterocycles. The van der Waals surface area contributed by atoms with Gasteiger partial charge >= 0.3 is 0 Å². The quantitative estimate of drug-likeness (QED) is 0.834. The molecule has 1 aromatic carbocycles. The van der Waals surface area contributed by atoms with E-state index in [2.05, 4.69) is 21.2 Å². The molecule has 0 radical (unpaired) electrons. The summed E-state index contributed by atoms with van der Waals surface area (Å²) < 4.78 is 26.9. The minimum atomic E-state index is -0.681. The molecular formula is C13H15BrF2N2O. The highest BCUT2D eigenvalue weighted by molar-refractivity contribution is 9.10. The monoisotopic (exact) mass is 332 g/mol. The minimum Gasteiger partial charge on any atom is -0.325 e. The molecule has 3 N–H and O–H groups in total. The van der Waals surface area contributed by atoms with Crippen LogP contribution in [-0.4, -0.2) is 11.4 Å². The second-order valence-corrected chi connectivity index (χ2v) is 5.89. The number of hydrogen-bond donors (Lipinski definition) is 2. The SMILES string of the molecule is NC1(CC(=O)Nc2cc(F)c(Br)cc2F)CCCC1. The van der Waals surface area contributed by atoms with Gasteiger partial charge in [-0.3, -0.25) is 4.79 Å². The fourth-order valence-corrected chi connectivity index (χ4v) is 2.70. The molecule has 3 nitrogen and oxygen atoms in total. The number of nitrogens with one attached hydrogen (secondary N) is 1. The molecule has 1 amide bonds. The van der Waals surface area contributed by atoms with Gasteiger partial charge in [0.15, 0.2) is 0 Å². The van der Waals surface area contributed by atoms with Gasteiger partial charge in [-0.1, -0.05) is 12.8 Å². The Morgan fingerprint density at radius 2 is 1.95 bits per heavy atom. The van der Waals surface area contributed by atoms with Gasteiger partial charge in [-0.2, -0.15) is 0 Å². The average Bonchev–Trinajstić information content (AvgIpc) is 2.72. The highest BCUT2D eigenvalue weighted by atomic mass is 79.9. The summed E-state index contributed by atoms with van der Waals surface area (Å²) in [5.74, 6) is -1.69. The van der Waals surface area contributed by atoms with E-state index in [-0.39, 0.29) is 22.5 Å². The van der Waals surface area contributed by atoms with E-state index in [1.807, 2.05) is 0 Å². The third-order valence-electron chi connectivity index (χ3n) is 3.40. The molecule has 0 aliphatic heterocycles. The maximum atomic E-state index is 13.6. The molecule has 1 fully saturated rings. The summed E-state index contributed by atoms with van der Waals surface area (Å²) in [6.07, 6.45) is 3.72. The fourth-order valence-electron chi connectivity index (χ4n) is 2.39. The van der Waals surface area contributed by atoms with Crippen LogP contribution in [0.25, 0.3) is 0 Å². The second kappa shape index (κ2) is 5.54. The van der Waals surface area contributed by atoms with E-state index < -0.39 is 17.2 Å². The van der Waals surface area contributed by atoms with E-state index >= 15 is 0 Å². The van der Waals surface area contributed by atoms with Crippen LogP contribution in [-0.2, 0) is 4.79 Å². The van der Waals surface area contributed by atoms with Crippen LogP contribution in [0.3, 0.4) is 0 Å². The van der Waals surface area contributed by atoms with Gasteiger partial charge in [-0.15, -0.1) is 0 Å². The Balaban J connectivity index is 2.05. The summed E-state index contributed by atoms with van der Waals surface area (Å²) in [6, 6.07) is 1.94. The number of carbonyl (C=O) groups is 1. The van der Waals surface area contributed by atoms with E-state index in [4.69, 9.17) is 5.73 Å². The maximum Gasteiger partial charge on any atom is 0.226 e. The molecule has 0 unspecified atom stereocenters. The van der Waals surface area contributed by atoms with Crippen molar-refractivity contribution in [2.24, 2.45) is 5.73 Å². The lowest BCUT2D eigenvalue weighted by molar-refractivity contribution is -0.117. The molecule has 19 heavy (non-hydrogen) atoms. The zero-order valence-electron chi connectivity index (χ0n) is 10.3. The van der Waals surface area contributed by atoms with E-state index in [0.29, 0.717) is 0 Å². The van der Waals surface area contributed by atoms with Gasteiger partial charge in [0.25, 0.3) is 0 Å². The second-order valence-electron chi connectivity index (χ2n) is 5.04. The van der Waals surface area contributed by atoms with Crippen molar-refractivity contribution < 1.29 is 13.6 Å². The Morgan fingerprint density at radius 3 is 2.58 bits per heavy atom. The molecule has 0 aromatic heterocycles. The van der Waals surface area contributed by atoms with Crippen molar-refractivity contribution in [2.75, 3.05) is 5.32 Å². The normalized spacial score (nSPS) is 17.5. The first-order valence-corrected chi connectivity index (χ1v) is 6.92. The average molecular weight is 333 g/mol. The predicted molar refractivity (Wildman–Crippen MR) is 72.7 cm³/mol. The Hall–Kier alpha value is -1.01. The van der Waals surface area contributed by atoms with Crippen LogP contribution in [0.4, 0.5) is 14.5 Å². The maximum absolute atomic E-state index is 13.6. The van der Waals surface area contributed by atoms with Crippen molar-refractivity contribution in [3.8, 4) is 0 Å². The van der Waals surface area contributed by atoms with Crippen LogP contribution in [0.5, 0.6) is 0 Å². The summed E-state index contributed by atoms with van der Waals surface area (Å²) >= 11 is 2.88. The number of halogens is 3. The Labute approximate surface area is 118 Å². The van der Waals surface area contributed by atoms with Crippen LogP contribution in [0, 0.1) is 11.6 Å². The van der Waals surface area contributed by atoms with E-state index in [1.54, 1.807) is 0 Å². The molecule has 0 atom stereocenters. The van der Waals surface area contributed by atoms with Gasteiger partial charge in [0, 0.05) is 18.0 Å². The smallest absolute Gasteiger partial charge is 0.226 e. The summed E-state index contributed by atoms with van der Waals surface area (Å²) in [7, 11) is 0. The zero-order chi connectivity index (χ0) is 14.0. The predicted octanol–water partition coefficient (Wildman–Crippen LogP) is 3.33. The highest BCUT2D eigenvalue weighted by Gasteiger charge is 2.31. The van der Waals surface area contributed by atoms with Crippen molar-refractivity contribution in [1.29, 1.82) is 0 Å². The number of nitrogens with two attached hydrogens (primary N) is 1. The minimum absolute atomic E-state index is 0.0223. The first-order valence-electron chi connectivity index (χ1n) is 6.13. The van der Waals surface area contributed by atoms with Gasteiger partial charge in [-0.25, -0.2) is 8.78 Å². The molecular weight excluding hydrogens is 318 g/mol. The third-order valence-corrected chi connectivity index (χ3v) is 4.00. The molecule has 1 saturated carbocycles. The Bertz CT molecular complexity index is 502. The van der Waals surface area contributed by atoms with Crippen LogP contribution < -0.4 is 11.1 Å². The largest absolute Gasteiger partial charge is 0.325 e. The standard InChI is InChI=1S/C13H15BrF2N2O/c14-8-5-10(16)11(6-9(8)15)18-12(19)7-13(17)3-1-2-4-13/h5-6H,1-4,7,17H2,(H,18,19). The highest BCUT2D eigenvalue weighted by Crippen LogP contribution is 2.30. The summed E-state index contributed by atoms with van der Waals surface area (Å²) in [5.41, 5.74) is 5.40. The molecule has 1 aromatic rings. The summed E-state index contributed by atoms with van der Waals surface area (Å²) in [4.78, 5) is 11.8. The topological polar surface area (TPSA) is 55.1 Å². The molecule has 1 aliphatic carbocycles. The van der Waals surface area contributed by atoms with Crippen molar-refractivity contribution >= 4 is 27.5 Å². The Morgan fingerprint density at radius 1 is 1.32 bits per heavy atom. The summed E-state index contributed by atoms with van der Waals surface area (Å²) in [5, 5.41) is 2.38. The van der Waals surface area contributed by atoms with E-state index in [9.17, 15) is 13.6 Å². The van der Waals surface area contributed by atoms with E-state index in [1.165, 1.54) is 0 Å². The van der Waals surface area contributed by atoms with Gasteiger partial charge in [0.2, 0.25) is 5.91 Å². The van der Waals surface area contributed by atoms with E-state index in [0.717, 1.165) is 37.8 Å². The zero-order valence-corrected chi connectivity index (χ0v) is 11.9. The lowest BCUT2D eigenvalue weighted by Gasteiger charge is -2.22. The number of anilines is 1. The van der Waals surface area contributed by atoms with Crippen molar-refractivity contribution in [3.63, 3.8) is 0 Å². The van der Waals surface area contributed by atoms with Crippen molar-refractivity contribution in [2.45, 2.75) is 37.6 Å². The van der Waals surface area contributed by atoms with Crippen LogP contribution in [0.1, 0.15) is 32.1 Å². The first kappa shape index (κ1) is 14.4. The van der Waals surface area contributed by atoms with Crippen molar-refractivity contribution in [1.82, 2.24) is 0 Å². The van der Waals surface area contributed by atoms with Gasteiger partial charge in [-0.05, 0) is 34.8 Å². The Kier molecular flexibility index (Phi) is 4.20. The van der Waals surface area contributed by atoms with Gasteiger partial charge in [0.1, 0.15) is 11.6 Å². The summed E-state index contributed by atoms with van der Waals surface area (Å²) in [6.45, 7) is 0. The third kappa shape index (κ3) is 3.51.